The largest absolute Gasteiger partial charge is 0.444 e. The van der Waals surface area contributed by atoms with E-state index in [1.807, 2.05) is 13.8 Å². The predicted molar refractivity (Wildman–Crippen MR) is 163 cm³/mol. The Bertz CT molecular complexity index is 1510. The number of halogens is 1. The predicted octanol–water partition coefficient (Wildman–Crippen LogP) is 5.33. The number of aromatic nitrogens is 5. The topological polar surface area (TPSA) is 132 Å². The van der Waals surface area contributed by atoms with Gasteiger partial charge >= 0.3 is 6.09 Å². The molecule has 1 atom stereocenters. The van der Waals surface area contributed by atoms with Crippen molar-refractivity contribution < 1.29 is 18.7 Å². The lowest BCUT2D eigenvalue weighted by molar-refractivity contribution is -0.0426. The second-order valence-corrected chi connectivity index (χ2v) is 13.5. The molecule has 4 heterocycles. The first-order chi connectivity index (χ1) is 21.0. The number of carbonyl (C=O) groups is 1. The lowest BCUT2D eigenvalue weighted by Gasteiger charge is -2.53. The standard InChI is InChI=1S/C32H41FN8O3/c1-20(2)25(9-10-31(3,4)44-30(34)42)41-16-32(17-41)11-12-40(15-32)28-29(39-38-19-37-28)43-26-8-7-22(33)13-23(26)24-14-35-18-36-27(24)21-5-6-21/h7-8,13-14,18-21,25H,5-6,9-12,15-17H2,1-4H3,(H2,34,42)/t25-/m0/s1. The summed E-state index contributed by atoms with van der Waals surface area (Å²) in [6.45, 7) is 11.9. The Kier molecular flexibility index (Phi) is 8.12. The van der Waals surface area contributed by atoms with Gasteiger partial charge in [-0.25, -0.2) is 24.1 Å². The first-order valence-electron chi connectivity index (χ1n) is 15.5. The first-order valence-corrected chi connectivity index (χ1v) is 15.5. The van der Waals surface area contributed by atoms with E-state index in [-0.39, 0.29) is 17.1 Å². The lowest BCUT2D eigenvalue weighted by Crippen LogP contribution is -2.62. The van der Waals surface area contributed by atoms with Crippen LogP contribution in [0.15, 0.2) is 37.1 Å². The van der Waals surface area contributed by atoms with Crippen molar-refractivity contribution in [2.45, 2.75) is 77.4 Å². The SMILES string of the molecule is CC(C)[C@H](CCC(C)(C)OC(N)=O)N1CC2(CCN(c3ncnnc3Oc3ccc(F)cc3-c3cncnc3C3CC3)C2)C1. The summed E-state index contributed by atoms with van der Waals surface area (Å²) in [5, 5.41) is 8.33. The zero-order chi connectivity index (χ0) is 31.1. The summed E-state index contributed by atoms with van der Waals surface area (Å²) >= 11 is 0. The van der Waals surface area contributed by atoms with Crippen LogP contribution in [0.2, 0.25) is 0 Å². The molecule has 0 unspecified atom stereocenters. The summed E-state index contributed by atoms with van der Waals surface area (Å²) in [4.78, 5) is 29.4. The maximum atomic E-state index is 14.5. The van der Waals surface area contributed by atoms with Crippen LogP contribution in [-0.2, 0) is 4.74 Å². The van der Waals surface area contributed by atoms with Crippen molar-refractivity contribution in [1.29, 1.82) is 0 Å². The molecule has 3 aromatic rings. The number of nitrogens with zero attached hydrogens (tertiary/aromatic N) is 7. The minimum atomic E-state index is -0.736. The second-order valence-electron chi connectivity index (χ2n) is 13.5. The van der Waals surface area contributed by atoms with Gasteiger partial charge < -0.3 is 20.1 Å². The number of amides is 1. The van der Waals surface area contributed by atoms with E-state index in [0.29, 0.717) is 35.0 Å². The lowest BCUT2D eigenvalue weighted by atomic mass is 9.76. The van der Waals surface area contributed by atoms with Crippen LogP contribution in [-0.4, -0.2) is 74.0 Å². The van der Waals surface area contributed by atoms with E-state index in [1.54, 1.807) is 12.3 Å². The highest BCUT2D eigenvalue weighted by Gasteiger charge is 2.50. The summed E-state index contributed by atoms with van der Waals surface area (Å²) in [6, 6.07) is 4.83. The number of rotatable bonds is 11. The maximum absolute atomic E-state index is 14.5. The number of hydrogen-bond donors (Lipinski definition) is 1. The Morgan fingerprint density at radius 1 is 1.16 bits per heavy atom. The Morgan fingerprint density at radius 3 is 2.68 bits per heavy atom. The van der Waals surface area contributed by atoms with Gasteiger partial charge in [0.25, 0.3) is 5.88 Å². The average Bonchev–Trinajstić information content (AvgIpc) is 3.71. The third-order valence-corrected chi connectivity index (χ3v) is 9.19. The number of hydrogen-bond acceptors (Lipinski definition) is 10. The molecule has 3 fully saturated rings. The molecular formula is C32H41FN8O3. The molecule has 2 aromatic heterocycles. The molecule has 1 saturated carbocycles. The van der Waals surface area contributed by atoms with Gasteiger partial charge in [-0.3, -0.25) is 4.90 Å². The fraction of sp³-hybridized carbons (Fsp3) is 0.562. The molecule has 234 valence electrons. The van der Waals surface area contributed by atoms with Gasteiger partial charge in [0, 0.05) is 60.9 Å². The molecule has 6 rings (SSSR count). The quantitative estimate of drug-likeness (QED) is 0.306. The van der Waals surface area contributed by atoms with Crippen LogP contribution in [0.3, 0.4) is 0 Å². The third-order valence-electron chi connectivity index (χ3n) is 9.19. The molecule has 44 heavy (non-hydrogen) atoms. The number of primary amides is 1. The highest BCUT2D eigenvalue weighted by atomic mass is 19.1. The van der Waals surface area contributed by atoms with Crippen molar-refractivity contribution in [1.82, 2.24) is 30.0 Å². The van der Waals surface area contributed by atoms with Crippen molar-refractivity contribution in [2.75, 3.05) is 31.1 Å². The molecule has 3 aliphatic rings. The minimum absolute atomic E-state index is 0.149. The normalized spacial score (nSPS) is 18.8. The van der Waals surface area contributed by atoms with Gasteiger partial charge in [0.2, 0.25) is 0 Å². The number of anilines is 1. The number of likely N-dealkylation sites (tertiary alicyclic amines) is 1. The van der Waals surface area contributed by atoms with Crippen LogP contribution in [0.25, 0.3) is 11.1 Å². The summed E-state index contributed by atoms with van der Waals surface area (Å²) in [6.07, 6.45) is 8.76. The molecule has 2 N–H and O–H groups in total. The molecule has 2 aliphatic heterocycles. The Balaban J connectivity index is 1.16. The highest BCUT2D eigenvalue weighted by Crippen LogP contribution is 2.47. The van der Waals surface area contributed by atoms with Gasteiger partial charge in [0.1, 0.15) is 29.8 Å². The summed E-state index contributed by atoms with van der Waals surface area (Å²) in [5.74, 6) is 1.82. The van der Waals surface area contributed by atoms with Gasteiger partial charge in [-0.2, -0.15) is 0 Å². The van der Waals surface area contributed by atoms with Crippen LogP contribution in [0.4, 0.5) is 15.0 Å². The van der Waals surface area contributed by atoms with E-state index in [4.69, 9.17) is 15.2 Å². The van der Waals surface area contributed by atoms with Crippen LogP contribution < -0.4 is 15.4 Å². The van der Waals surface area contributed by atoms with Crippen molar-refractivity contribution in [3.05, 3.63) is 48.6 Å². The van der Waals surface area contributed by atoms with Crippen LogP contribution in [0.5, 0.6) is 11.6 Å². The van der Waals surface area contributed by atoms with E-state index >= 15 is 0 Å². The zero-order valence-corrected chi connectivity index (χ0v) is 25.9. The van der Waals surface area contributed by atoms with E-state index in [0.717, 1.165) is 69.5 Å². The third kappa shape index (κ3) is 6.45. The maximum Gasteiger partial charge on any atom is 0.405 e. The van der Waals surface area contributed by atoms with Crippen LogP contribution in [0, 0.1) is 17.2 Å². The molecule has 1 aliphatic carbocycles. The molecule has 0 radical (unpaired) electrons. The smallest absolute Gasteiger partial charge is 0.405 e. The average molecular weight is 605 g/mol. The van der Waals surface area contributed by atoms with Crippen LogP contribution in [0.1, 0.15) is 71.4 Å². The second kappa shape index (κ2) is 11.9. The molecule has 1 spiro atoms. The van der Waals surface area contributed by atoms with E-state index in [2.05, 4.69) is 48.8 Å². The van der Waals surface area contributed by atoms with Gasteiger partial charge in [-0.05, 0) is 70.1 Å². The summed E-state index contributed by atoms with van der Waals surface area (Å²) in [5.41, 5.74) is 7.09. The number of benzene rings is 1. The van der Waals surface area contributed by atoms with Gasteiger partial charge in [0.05, 0.1) is 5.69 Å². The van der Waals surface area contributed by atoms with E-state index < -0.39 is 11.7 Å². The molecule has 1 aromatic carbocycles. The Hall–Kier alpha value is -3.93. The van der Waals surface area contributed by atoms with Crippen molar-refractivity contribution in [3.8, 4) is 22.8 Å². The summed E-state index contributed by atoms with van der Waals surface area (Å²) in [7, 11) is 0. The van der Waals surface area contributed by atoms with Crippen molar-refractivity contribution in [3.63, 3.8) is 0 Å². The molecular weight excluding hydrogens is 563 g/mol. The monoisotopic (exact) mass is 604 g/mol. The fourth-order valence-electron chi connectivity index (χ4n) is 6.86. The number of ether oxygens (including phenoxy) is 2. The fourth-order valence-corrected chi connectivity index (χ4v) is 6.86. The Morgan fingerprint density at radius 2 is 1.95 bits per heavy atom. The first kappa shape index (κ1) is 30.1. The Labute approximate surface area is 257 Å². The van der Waals surface area contributed by atoms with E-state index in [1.165, 1.54) is 24.8 Å². The minimum Gasteiger partial charge on any atom is -0.444 e. The number of nitrogens with two attached hydrogens (primary N) is 1. The highest BCUT2D eigenvalue weighted by molar-refractivity contribution is 5.73. The molecule has 2 saturated heterocycles. The molecule has 0 bridgehead atoms. The molecule has 1 amide bonds. The zero-order valence-electron chi connectivity index (χ0n) is 25.9. The van der Waals surface area contributed by atoms with Gasteiger partial charge in [-0.15, -0.1) is 10.2 Å². The van der Waals surface area contributed by atoms with Gasteiger partial charge in [-0.1, -0.05) is 13.8 Å². The summed E-state index contributed by atoms with van der Waals surface area (Å²) < 4.78 is 26.2. The van der Waals surface area contributed by atoms with Crippen LogP contribution >= 0.6 is 0 Å². The molecule has 12 heteroatoms. The van der Waals surface area contributed by atoms with E-state index in [9.17, 15) is 9.18 Å². The number of carbonyl (C=O) groups excluding carboxylic acids is 1. The molecule has 11 nitrogen and oxygen atoms in total. The van der Waals surface area contributed by atoms with Crippen molar-refractivity contribution >= 4 is 11.9 Å². The van der Waals surface area contributed by atoms with Crippen molar-refractivity contribution in [2.24, 2.45) is 17.1 Å². The van der Waals surface area contributed by atoms with Gasteiger partial charge in [0.15, 0.2) is 5.82 Å².